The van der Waals surface area contributed by atoms with Crippen LogP contribution in [0.15, 0.2) is 36.7 Å². The normalized spacial score (nSPS) is 26.8. The molecular weight excluding hydrogens is 326 g/mol. The molecule has 3 aliphatic rings. The number of aryl methyl sites for hydroxylation is 1. The lowest BCUT2D eigenvalue weighted by atomic mass is 9.93. The number of aromatic nitrogens is 4. The number of hydrogen-bond acceptors (Lipinski definition) is 4. The minimum atomic E-state index is 0.292. The number of allylic oxidation sites excluding steroid dienone is 2. The summed E-state index contributed by atoms with van der Waals surface area (Å²) < 4.78 is 2.28. The van der Waals surface area contributed by atoms with Gasteiger partial charge < -0.3 is 9.47 Å². The number of carbonyl (C=O) groups is 1. The highest BCUT2D eigenvalue weighted by Gasteiger charge is 2.41. The fraction of sp³-hybridized carbons (Fsp3) is 0.500. The largest absolute Gasteiger partial charge is 0.340 e. The average molecular weight is 349 g/mol. The third-order valence-corrected chi connectivity index (χ3v) is 6.08. The van der Waals surface area contributed by atoms with Crippen LogP contribution in [-0.4, -0.2) is 43.6 Å². The first kappa shape index (κ1) is 15.7. The molecule has 1 saturated heterocycles. The van der Waals surface area contributed by atoms with Crippen LogP contribution in [0.25, 0.3) is 11.4 Å². The third-order valence-electron chi connectivity index (χ3n) is 6.08. The molecule has 2 aromatic heterocycles. The first-order chi connectivity index (χ1) is 12.8. The zero-order chi connectivity index (χ0) is 17.5. The Labute approximate surface area is 152 Å². The number of fused-ring (bicyclic) bond motifs is 3. The Bertz CT molecular complexity index is 843. The Morgan fingerprint density at radius 2 is 2.04 bits per heavy atom. The quantitative estimate of drug-likeness (QED) is 0.799. The van der Waals surface area contributed by atoms with Crippen molar-refractivity contribution in [1.29, 1.82) is 0 Å². The summed E-state index contributed by atoms with van der Waals surface area (Å²) in [7, 11) is 0. The monoisotopic (exact) mass is 349 g/mol. The molecule has 5 rings (SSSR count). The van der Waals surface area contributed by atoms with Gasteiger partial charge in [-0.25, -0.2) is 0 Å². The second-order valence-corrected chi connectivity index (χ2v) is 7.68. The summed E-state index contributed by atoms with van der Waals surface area (Å²) in [5.74, 6) is 3.19. The summed E-state index contributed by atoms with van der Waals surface area (Å²) in [6.07, 6.45) is 12.9. The number of hydrogen-bond donors (Lipinski definition) is 0. The Morgan fingerprint density at radius 3 is 2.85 bits per heavy atom. The molecule has 26 heavy (non-hydrogen) atoms. The van der Waals surface area contributed by atoms with Crippen LogP contribution in [0.5, 0.6) is 0 Å². The Balaban J connectivity index is 1.39. The van der Waals surface area contributed by atoms with E-state index in [0.717, 1.165) is 56.0 Å². The first-order valence-electron chi connectivity index (χ1n) is 9.58. The van der Waals surface area contributed by atoms with Crippen molar-refractivity contribution >= 4 is 5.91 Å². The minimum Gasteiger partial charge on any atom is -0.340 e. The number of pyridine rings is 1. The van der Waals surface area contributed by atoms with Crippen molar-refractivity contribution in [3.63, 3.8) is 0 Å². The van der Waals surface area contributed by atoms with Crippen molar-refractivity contribution < 1.29 is 4.79 Å². The van der Waals surface area contributed by atoms with E-state index >= 15 is 0 Å². The van der Waals surface area contributed by atoms with Gasteiger partial charge in [0.1, 0.15) is 5.82 Å². The first-order valence-corrected chi connectivity index (χ1v) is 9.58. The van der Waals surface area contributed by atoms with E-state index in [4.69, 9.17) is 0 Å². The van der Waals surface area contributed by atoms with Crippen LogP contribution >= 0.6 is 0 Å². The van der Waals surface area contributed by atoms with Gasteiger partial charge in [0.15, 0.2) is 5.82 Å². The molecule has 0 radical (unpaired) electrons. The molecule has 1 unspecified atom stereocenters. The zero-order valence-corrected chi connectivity index (χ0v) is 14.8. The summed E-state index contributed by atoms with van der Waals surface area (Å²) in [4.78, 5) is 19.0. The van der Waals surface area contributed by atoms with E-state index in [1.54, 1.807) is 12.4 Å². The van der Waals surface area contributed by atoms with Crippen molar-refractivity contribution in [3.8, 4) is 11.4 Å². The maximum absolute atomic E-state index is 12.8. The topological polar surface area (TPSA) is 63.9 Å². The molecule has 2 aliphatic heterocycles. The zero-order valence-electron chi connectivity index (χ0n) is 14.8. The molecule has 3 atom stereocenters. The molecule has 1 amide bonds. The molecule has 0 spiro atoms. The fourth-order valence-corrected chi connectivity index (χ4v) is 4.71. The van der Waals surface area contributed by atoms with E-state index < -0.39 is 0 Å². The smallest absolute Gasteiger partial charge is 0.223 e. The summed E-state index contributed by atoms with van der Waals surface area (Å²) in [5, 5.41) is 8.88. The van der Waals surface area contributed by atoms with Gasteiger partial charge in [0, 0.05) is 43.9 Å². The summed E-state index contributed by atoms with van der Waals surface area (Å²) in [6, 6.07) is 4.25. The predicted octanol–water partition coefficient (Wildman–Crippen LogP) is 2.64. The molecule has 4 heterocycles. The van der Waals surface area contributed by atoms with Crippen molar-refractivity contribution in [2.75, 3.05) is 13.1 Å². The molecule has 1 aliphatic carbocycles. The molecule has 6 nitrogen and oxygen atoms in total. The minimum absolute atomic E-state index is 0.292. The number of nitrogens with zero attached hydrogens (tertiary/aromatic N) is 5. The van der Waals surface area contributed by atoms with E-state index in [1.807, 2.05) is 12.1 Å². The Kier molecular flexibility index (Phi) is 3.84. The van der Waals surface area contributed by atoms with Gasteiger partial charge in [-0.3, -0.25) is 9.78 Å². The van der Waals surface area contributed by atoms with Crippen LogP contribution in [0.2, 0.25) is 0 Å². The molecule has 0 aromatic carbocycles. The van der Waals surface area contributed by atoms with Crippen LogP contribution in [0, 0.1) is 11.8 Å². The standard InChI is InChI=1S/C20H23N5O/c26-19(11-14-3-1-2-4-14)24-12-16-5-6-18-22-23-20(25(18)17(16)13-24)15-7-9-21-10-8-15/h1,3,7-10,14,16-17H,2,4-6,11-13H2/t14?,16-,17+/m1/s1. The van der Waals surface area contributed by atoms with Crippen LogP contribution in [-0.2, 0) is 11.2 Å². The maximum atomic E-state index is 12.8. The van der Waals surface area contributed by atoms with E-state index in [2.05, 4.69) is 36.8 Å². The highest BCUT2D eigenvalue weighted by atomic mass is 16.2. The highest BCUT2D eigenvalue weighted by Crippen LogP contribution is 2.39. The molecule has 0 saturated carbocycles. The van der Waals surface area contributed by atoms with Crippen LogP contribution in [0.1, 0.15) is 37.5 Å². The average Bonchev–Trinajstić information content (AvgIpc) is 3.40. The van der Waals surface area contributed by atoms with Crippen molar-refractivity contribution in [2.45, 2.75) is 38.1 Å². The van der Waals surface area contributed by atoms with Gasteiger partial charge in [-0.2, -0.15) is 0 Å². The van der Waals surface area contributed by atoms with Crippen molar-refractivity contribution in [2.24, 2.45) is 11.8 Å². The van der Waals surface area contributed by atoms with Crippen LogP contribution in [0.3, 0.4) is 0 Å². The van der Waals surface area contributed by atoms with Gasteiger partial charge in [0.05, 0.1) is 6.04 Å². The summed E-state index contributed by atoms with van der Waals surface area (Å²) >= 11 is 0. The number of likely N-dealkylation sites (tertiary alicyclic amines) is 1. The second kappa shape index (κ2) is 6.34. The summed E-state index contributed by atoms with van der Waals surface area (Å²) in [5.41, 5.74) is 1.04. The van der Waals surface area contributed by atoms with Crippen LogP contribution < -0.4 is 0 Å². The molecule has 2 aromatic rings. The van der Waals surface area contributed by atoms with Gasteiger partial charge in [-0.05, 0) is 43.2 Å². The van der Waals surface area contributed by atoms with E-state index in [0.29, 0.717) is 30.2 Å². The SMILES string of the molecule is O=C(CC1C=CCC1)N1C[C@H]2CCc3nnc(-c4ccncc4)n3[C@H]2C1. The van der Waals surface area contributed by atoms with E-state index in [9.17, 15) is 4.79 Å². The molecular formula is C20H23N5O. The number of rotatable bonds is 3. The lowest BCUT2D eigenvalue weighted by Gasteiger charge is -2.27. The number of carbonyl (C=O) groups excluding carboxylic acids is 1. The molecule has 0 N–H and O–H groups in total. The van der Waals surface area contributed by atoms with Gasteiger partial charge in [-0.15, -0.1) is 10.2 Å². The lowest BCUT2D eigenvalue weighted by molar-refractivity contribution is -0.131. The van der Waals surface area contributed by atoms with Gasteiger partial charge in [0.25, 0.3) is 0 Å². The maximum Gasteiger partial charge on any atom is 0.223 e. The molecule has 0 bridgehead atoms. The van der Waals surface area contributed by atoms with Crippen molar-refractivity contribution in [3.05, 3.63) is 42.5 Å². The second-order valence-electron chi connectivity index (χ2n) is 7.68. The third kappa shape index (κ3) is 2.64. The fourth-order valence-electron chi connectivity index (χ4n) is 4.71. The van der Waals surface area contributed by atoms with Gasteiger partial charge in [-0.1, -0.05) is 12.2 Å². The lowest BCUT2D eigenvalue weighted by Crippen LogP contribution is -2.30. The van der Waals surface area contributed by atoms with E-state index in [1.165, 1.54) is 0 Å². The number of amides is 1. The Morgan fingerprint density at radius 1 is 1.15 bits per heavy atom. The Hall–Kier alpha value is -2.50. The van der Waals surface area contributed by atoms with Crippen LogP contribution in [0.4, 0.5) is 0 Å². The summed E-state index contributed by atoms with van der Waals surface area (Å²) in [6.45, 7) is 1.65. The van der Waals surface area contributed by atoms with E-state index in [-0.39, 0.29) is 0 Å². The predicted molar refractivity (Wildman–Crippen MR) is 97.2 cm³/mol. The van der Waals surface area contributed by atoms with Gasteiger partial charge in [0.2, 0.25) is 5.91 Å². The van der Waals surface area contributed by atoms with Gasteiger partial charge >= 0.3 is 0 Å². The molecule has 6 heteroatoms. The van der Waals surface area contributed by atoms with Crippen molar-refractivity contribution in [1.82, 2.24) is 24.6 Å². The molecule has 1 fully saturated rings. The highest BCUT2D eigenvalue weighted by molar-refractivity contribution is 5.77. The molecule has 134 valence electrons.